The van der Waals surface area contributed by atoms with Crippen LogP contribution in [0.2, 0.25) is 0 Å². The molecular formula is C13H15N5O3. The number of aryl methyl sites for hydroxylation is 3. The Kier molecular flexibility index (Phi) is 3.99. The lowest BCUT2D eigenvalue weighted by molar-refractivity contribution is -0.386. The standard InChI is InChI=1S/C13H15N5O3/c1-7-4-5-8(2)10(6-7)21-12-11(18(19)20)9(3)15-13(16-12)17-14/h4-6H,14H2,1-3H3,(H,15,16,17). The van der Waals surface area contributed by atoms with Crippen LogP contribution in [0, 0.1) is 30.9 Å². The van der Waals surface area contributed by atoms with Crippen LogP contribution in [0.3, 0.4) is 0 Å². The second kappa shape index (κ2) is 5.71. The maximum absolute atomic E-state index is 11.2. The van der Waals surface area contributed by atoms with Crippen molar-refractivity contribution in [1.29, 1.82) is 0 Å². The molecule has 3 N–H and O–H groups in total. The van der Waals surface area contributed by atoms with Crippen LogP contribution in [-0.4, -0.2) is 14.9 Å². The predicted molar refractivity (Wildman–Crippen MR) is 77.2 cm³/mol. The van der Waals surface area contributed by atoms with Gasteiger partial charge in [0.15, 0.2) is 0 Å². The lowest BCUT2D eigenvalue weighted by Gasteiger charge is -2.10. The van der Waals surface area contributed by atoms with Gasteiger partial charge in [-0.3, -0.25) is 15.5 Å². The second-order valence-corrected chi connectivity index (χ2v) is 4.56. The van der Waals surface area contributed by atoms with Gasteiger partial charge in [-0.1, -0.05) is 12.1 Å². The van der Waals surface area contributed by atoms with Crippen LogP contribution in [0.1, 0.15) is 16.8 Å². The van der Waals surface area contributed by atoms with Gasteiger partial charge in [-0.2, -0.15) is 4.98 Å². The van der Waals surface area contributed by atoms with Gasteiger partial charge in [-0.05, 0) is 38.0 Å². The van der Waals surface area contributed by atoms with Gasteiger partial charge in [-0.15, -0.1) is 0 Å². The van der Waals surface area contributed by atoms with Gasteiger partial charge in [0.2, 0.25) is 5.95 Å². The van der Waals surface area contributed by atoms with Crippen molar-refractivity contribution in [2.75, 3.05) is 5.43 Å². The fraction of sp³-hybridized carbons (Fsp3) is 0.231. The van der Waals surface area contributed by atoms with Gasteiger partial charge in [0.1, 0.15) is 11.4 Å². The van der Waals surface area contributed by atoms with Crippen LogP contribution in [0.15, 0.2) is 18.2 Å². The minimum absolute atomic E-state index is 0.0541. The van der Waals surface area contributed by atoms with E-state index in [1.807, 2.05) is 26.0 Å². The van der Waals surface area contributed by atoms with Crippen LogP contribution in [0.5, 0.6) is 11.6 Å². The Bertz CT molecular complexity index is 702. The molecule has 0 saturated carbocycles. The summed E-state index contributed by atoms with van der Waals surface area (Å²) in [5.74, 6) is 5.67. The smallest absolute Gasteiger partial charge is 0.352 e. The molecule has 8 nitrogen and oxygen atoms in total. The number of aromatic nitrogens is 2. The van der Waals surface area contributed by atoms with Crippen molar-refractivity contribution >= 4 is 11.6 Å². The van der Waals surface area contributed by atoms with E-state index in [1.54, 1.807) is 6.07 Å². The summed E-state index contributed by atoms with van der Waals surface area (Å²) in [7, 11) is 0. The molecule has 0 aliphatic heterocycles. The Labute approximate surface area is 121 Å². The van der Waals surface area contributed by atoms with Crippen LogP contribution in [0.4, 0.5) is 11.6 Å². The molecule has 8 heteroatoms. The lowest BCUT2D eigenvalue weighted by Crippen LogP contribution is -2.13. The van der Waals surface area contributed by atoms with Crippen molar-refractivity contribution < 1.29 is 9.66 Å². The Morgan fingerprint density at radius 1 is 1.29 bits per heavy atom. The van der Waals surface area contributed by atoms with E-state index in [0.29, 0.717) is 5.75 Å². The first kappa shape index (κ1) is 14.7. The highest BCUT2D eigenvalue weighted by atomic mass is 16.6. The molecule has 0 atom stereocenters. The monoisotopic (exact) mass is 289 g/mol. The molecule has 0 saturated heterocycles. The number of nitrogens with zero attached hydrogens (tertiary/aromatic N) is 3. The van der Waals surface area contributed by atoms with E-state index in [2.05, 4.69) is 15.4 Å². The van der Waals surface area contributed by atoms with Crippen molar-refractivity contribution in [2.45, 2.75) is 20.8 Å². The quantitative estimate of drug-likeness (QED) is 0.504. The molecule has 0 bridgehead atoms. The number of nitrogen functional groups attached to an aromatic ring is 1. The molecule has 0 fully saturated rings. The molecule has 1 heterocycles. The molecule has 110 valence electrons. The molecule has 0 amide bonds. The number of benzene rings is 1. The molecule has 2 rings (SSSR count). The van der Waals surface area contributed by atoms with Gasteiger partial charge in [0, 0.05) is 0 Å². The summed E-state index contributed by atoms with van der Waals surface area (Å²) >= 11 is 0. The molecule has 21 heavy (non-hydrogen) atoms. The van der Waals surface area contributed by atoms with Crippen molar-refractivity contribution in [3.63, 3.8) is 0 Å². The maximum atomic E-state index is 11.2. The average molecular weight is 289 g/mol. The summed E-state index contributed by atoms with van der Waals surface area (Å²) in [6, 6.07) is 5.58. The van der Waals surface area contributed by atoms with E-state index < -0.39 is 4.92 Å². The van der Waals surface area contributed by atoms with E-state index in [0.717, 1.165) is 11.1 Å². The highest BCUT2D eigenvalue weighted by Crippen LogP contribution is 2.33. The van der Waals surface area contributed by atoms with Crippen LogP contribution < -0.4 is 16.0 Å². The van der Waals surface area contributed by atoms with Crippen molar-refractivity contribution in [3.8, 4) is 11.6 Å². The van der Waals surface area contributed by atoms with E-state index in [4.69, 9.17) is 10.6 Å². The third-order valence-electron chi connectivity index (χ3n) is 2.89. The number of hydrogen-bond donors (Lipinski definition) is 2. The second-order valence-electron chi connectivity index (χ2n) is 4.56. The molecule has 0 unspecified atom stereocenters. The highest BCUT2D eigenvalue weighted by molar-refractivity contribution is 5.51. The average Bonchev–Trinajstić information content (AvgIpc) is 2.41. The minimum Gasteiger partial charge on any atom is -0.433 e. The van der Waals surface area contributed by atoms with E-state index in [9.17, 15) is 10.1 Å². The molecule has 1 aromatic heterocycles. The van der Waals surface area contributed by atoms with E-state index >= 15 is 0 Å². The van der Waals surface area contributed by atoms with Crippen molar-refractivity contribution in [1.82, 2.24) is 9.97 Å². The van der Waals surface area contributed by atoms with Gasteiger partial charge < -0.3 is 4.74 Å². The highest BCUT2D eigenvalue weighted by Gasteiger charge is 2.24. The Morgan fingerprint density at radius 2 is 2.00 bits per heavy atom. The summed E-state index contributed by atoms with van der Waals surface area (Å²) < 4.78 is 5.62. The Hall–Kier alpha value is -2.74. The number of nitrogens with two attached hydrogens (primary N) is 1. The zero-order valence-electron chi connectivity index (χ0n) is 11.9. The fourth-order valence-corrected chi connectivity index (χ4v) is 1.81. The molecule has 0 aliphatic rings. The number of nitro groups is 1. The number of anilines is 1. The summed E-state index contributed by atoms with van der Waals surface area (Å²) in [6.07, 6.45) is 0. The zero-order valence-corrected chi connectivity index (χ0v) is 11.9. The van der Waals surface area contributed by atoms with Crippen molar-refractivity contribution in [2.24, 2.45) is 5.84 Å². The number of hydrazine groups is 1. The maximum Gasteiger partial charge on any atom is 0.352 e. The fourth-order valence-electron chi connectivity index (χ4n) is 1.81. The molecule has 0 aliphatic carbocycles. The van der Waals surface area contributed by atoms with Gasteiger partial charge in [0.05, 0.1) is 4.92 Å². The first-order valence-electron chi connectivity index (χ1n) is 6.17. The predicted octanol–water partition coefficient (Wildman–Crippen LogP) is 2.39. The normalized spacial score (nSPS) is 10.3. The van der Waals surface area contributed by atoms with E-state index in [1.165, 1.54) is 6.92 Å². The van der Waals surface area contributed by atoms with Gasteiger partial charge in [0.25, 0.3) is 0 Å². The molecule has 1 aromatic carbocycles. The lowest BCUT2D eigenvalue weighted by atomic mass is 10.1. The largest absolute Gasteiger partial charge is 0.433 e. The number of ether oxygens (including phenoxy) is 1. The number of hydrogen-bond acceptors (Lipinski definition) is 7. The summed E-state index contributed by atoms with van der Waals surface area (Å²) in [6.45, 7) is 5.24. The van der Waals surface area contributed by atoms with Gasteiger partial charge in [-0.25, -0.2) is 10.8 Å². The number of nitrogens with one attached hydrogen (secondary N) is 1. The SMILES string of the molecule is Cc1ccc(C)c(Oc2nc(NN)nc(C)c2[N+](=O)[O-])c1. The first-order valence-corrected chi connectivity index (χ1v) is 6.17. The number of rotatable bonds is 4. The first-order chi connectivity index (χ1) is 9.92. The minimum atomic E-state index is -0.573. The molecule has 0 radical (unpaired) electrons. The van der Waals surface area contributed by atoms with E-state index in [-0.39, 0.29) is 23.2 Å². The van der Waals surface area contributed by atoms with Crippen LogP contribution in [0.25, 0.3) is 0 Å². The molecular weight excluding hydrogens is 274 g/mol. The third kappa shape index (κ3) is 3.06. The Morgan fingerprint density at radius 3 is 2.62 bits per heavy atom. The summed E-state index contributed by atoms with van der Waals surface area (Å²) in [5, 5.41) is 11.2. The summed E-state index contributed by atoms with van der Waals surface area (Å²) in [4.78, 5) is 18.4. The van der Waals surface area contributed by atoms with Crippen LogP contribution >= 0.6 is 0 Å². The third-order valence-corrected chi connectivity index (χ3v) is 2.89. The topological polar surface area (TPSA) is 116 Å². The molecule has 2 aromatic rings. The zero-order chi connectivity index (χ0) is 15.6. The van der Waals surface area contributed by atoms with Gasteiger partial charge >= 0.3 is 11.6 Å². The summed E-state index contributed by atoms with van der Waals surface area (Å²) in [5.41, 5.74) is 3.96. The van der Waals surface area contributed by atoms with Crippen molar-refractivity contribution in [3.05, 3.63) is 45.1 Å². The Balaban J connectivity index is 2.54. The van der Waals surface area contributed by atoms with Crippen LogP contribution in [-0.2, 0) is 0 Å². The molecule has 0 spiro atoms.